The topological polar surface area (TPSA) is 255 Å². The van der Waals surface area contributed by atoms with Gasteiger partial charge in [-0.05, 0) is 118 Å². The molecule has 0 aliphatic carbocycles. The quantitative estimate of drug-likeness (QED) is 0.111. The number of urea groups is 1. The molecule has 68 heavy (non-hydrogen) atoms. The smallest absolute Gasteiger partial charge is 0.328 e. The molecule has 0 bridgehead atoms. The molecule has 7 N–H and O–H groups in total. The lowest BCUT2D eigenvalue weighted by atomic mass is 9.77. The molecule has 1 aromatic rings. The van der Waals surface area contributed by atoms with Crippen molar-refractivity contribution in [2.75, 3.05) is 40.8 Å². The highest BCUT2D eigenvalue weighted by atomic mass is 35.5. The van der Waals surface area contributed by atoms with Gasteiger partial charge in [-0.3, -0.25) is 9.69 Å². The van der Waals surface area contributed by atoms with E-state index in [1.807, 2.05) is 42.5 Å². The number of rotatable bonds is 13. The van der Waals surface area contributed by atoms with E-state index in [0.29, 0.717) is 11.4 Å². The Bertz CT molecular complexity index is 1900. The van der Waals surface area contributed by atoms with E-state index in [1.54, 1.807) is 48.5 Å². The number of aliphatic hydroxyl groups excluding tert-OH is 3. The third kappa shape index (κ3) is 14.2. The zero-order valence-electron chi connectivity index (χ0n) is 42.1. The van der Waals surface area contributed by atoms with Gasteiger partial charge in [-0.1, -0.05) is 32.4 Å². The summed E-state index contributed by atoms with van der Waals surface area (Å²) >= 11 is 5.90. The van der Waals surface area contributed by atoms with E-state index < -0.39 is 112 Å². The fourth-order valence-electron chi connectivity index (χ4n) is 10.2. The van der Waals surface area contributed by atoms with E-state index in [2.05, 4.69) is 5.32 Å². The zero-order chi connectivity index (χ0) is 51.3. The average Bonchev–Trinajstić information content (AvgIpc) is 3.25. The van der Waals surface area contributed by atoms with Crippen LogP contribution < -0.4 is 10.0 Å². The summed E-state index contributed by atoms with van der Waals surface area (Å²) in [6.07, 6.45) is -9.41. The van der Waals surface area contributed by atoms with Gasteiger partial charge < -0.3 is 64.2 Å². The van der Waals surface area contributed by atoms with Crippen LogP contribution in [-0.4, -0.2) is 187 Å². The SMILES string of the molecule is CC[C@H]1OC(=O)[C@@H](C)[C@@H](OC2C[C@](C)(OC)[C@H](O)[C@@H](C)O2)[C@@H](C)[C@@H](O[C@H]2O[C@@H](C)C[C@H](N(C)C)[C@@H]2O)[C@](C)(O)C[C@@H](C)CN(CCCNC(=O)NS(=O)(=O)c2ccc(Cl)cc2)[C@H](C)[C@@H](O)[C@]1(C)O. The van der Waals surface area contributed by atoms with Crippen LogP contribution in [0, 0.1) is 17.8 Å². The van der Waals surface area contributed by atoms with E-state index in [-0.39, 0.29) is 68.3 Å². The van der Waals surface area contributed by atoms with Crippen molar-refractivity contribution >= 4 is 33.6 Å². The van der Waals surface area contributed by atoms with Gasteiger partial charge in [0.2, 0.25) is 0 Å². The maximum atomic E-state index is 14.5. The minimum Gasteiger partial charge on any atom is -0.459 e. The molecule has 3 saturated heterocycles. The molecule has 0 aromatic heterocycles. The van der Waals surface area contributed by atoms with Crippen LogP contribution in [0.5, 0.6) is 0 Å². The molecular formula is C47H81ClN4O15S. The van der Waals surface area contributed by atoms with Gasteiger partial charge in [-0.2, -0.15) is 0 Å². The molecule has 2 amide bonds. The second kappa shape index (κ2) is 24.0. The maximum Gasteiger partial charge on any atom is 0.328 e. The normalized spacial score (nSPS) is 40.8. The number of likely N-dealkylation sites (N-methyl/N-ethyl adjacent to an activating group) is 1. The highest BCUT2D eigenvalue weighted by Gasteiger charge is 2.53. The zero-order valence-corrected chi connectivity index (χ0v) is 43.7. The van der Waals surface area contributed by atoms with Gasteiger partial charge in [0.15, 0.2) is 12.6 Å². The number of sulfonamides is 1. The number of esters is 1. The number of aliphatic hydroxyl groups is 5. The Hall–Kier alpha value is -2.28. The van der Waals surface area contributed by atoms with E-state index >= 15 is 0 Å². The van der Waals surface area contributed by atoms with Crippen molar-refractivity contribution in [3.63, 3.8) is 0 Å². The average molecular weight is 1010 g/mol. The number of nitrogens with one attached hydrogen (secondary N) is 2. The Morgan fingerprint density at radius 2 is 1.60 bits per heavy atom. The number of hydrogen-bond acceptors (Lipinski definition) is 17. The lowest BCUT2D eigenvalue weighted by Gasteiger charge is -2.48. The summed E-state index contributed by atoms with van der Waals surface area (Å²) < 4.78 is 65.5. The Morgan fingerprint density at radius 3 is 2.19 bits per heavy atom. The summed E-state index contributed by atoms with van der Waals surface area (Å²) in [4.78, 5) is 30.9. The number of hydrogen-bond donors (Lipinski definition) is 7. The van der Waals surface area contributed by atoms with Crippen molar-refractivity contribution in [1.29, 1.82) is 0 Å². The molecule has 1 aromatic carbocycles. The van der Waals surface area contributed by atoms with E-state index in [4.69, 9.17) is 40.0 Å². The summed E-state index contributed by atoms with van der Waals surface area (Å²) in [5.74, 6) is -3.11. The number of carbonyl (C=O) groups excluding carboxylic acids is 2. The van der Waals surface area contributed by atoms with Crippen LogP contribution >= 0.6 is 11.6 Å². The first-order valence-electron chi connectivity index (χ1n) is 23.8. The molecule has 19 nitrogen and oxygen atoms in total. The number of methoxy groups -OCH3 is 1. The molecule has 0 spiro atoms. The van der Waals surface area contributed by atoms with Crippen LogP contribution in [0.4, 0.5) is 4.79 Å². The molecule has 3 fully saturated rings. The van der Waals surface area contributed by atoms with Crippen LogP contribution in [0.3, 0.4) is 0 Å². The summed E-state index contributed by atoms with van der Waals surface area (Å²) in [7, 11) is 0.988. The van der Waals surface area contributed by atoms with Gasteiger partial charge in [-0.15, -0.1) is 0 Å². The first-order valence-corrected chi connectivity index (χ1v) is 25.7. The Kier molecular flexibility index (Phi) is 20.5. The minimum absolute atomic E-state index is 0.0216. The highest BCUT2D eigenvalue weighted by molar-refractivity contribution is 7.90. The monoisotopic (exact) mass is 1010 g/mol. The first-order chi connectivity index (χ1) is 31.5. The third-order valence-electron chi connectivity index (χ3n) is 14.3. The van der Waals surface area contributed by atoms with Crippen LogP contribution in [0.2, 0.25) is 5.02 Å². The predicted octanol–water partition coefficient (Wildman–Crippen LogP) is 3.00. The number of benzene rings is 1. The first kappa shape index (κ1) is 58.3. The lowest BCUT2D eigenvalue weighted by molar-refractivity contribution is -0.318. The Balaban J connectivity index is 1.72. The number of ether oxygens (including phenoxy) is 6. The summed E-state index contributed by atoms with van der Waals surface area (Å²) in [5, 5.41) is 62.7. The molecule has 4 rings (SSSR count). The lowest BCUT2D eigenvalue weighted by Crippen LogP contribution is -2.60. The van der Waals surface area contributed by atoms with E-state index in [0.717, 1.165) is 0 Å². The molecule has 3 aliphatic rings. The number of cyclic esters (lactones) is 1. The van der Waals surface area contributed by atoms with Crippen LogP contribution in [0.15, 0.2) is 29.2 Å². The molecule has 3 heterocycles. The molecule has 1 unspecified atom stereocenters. The second-order valence-corrected chi connectivity index (χ2v) is 22.5. The molecule has 392 valence electrons. The largest absolute Gasteiger partial charge is 0.459 e. The molecule has 3 aliphatic heterocycles. The molecule has 18 atom stereocenters. The van der Waals surface area contributed by atoms with Crippen molar-refractivity contribution in [2.24, 2.45) is 17.8 Å². The van der Waals surface area contributed by atoms with E-state index in [9.17, 15) is 43.5 Å². The van der Waals surface area contributed by atoms with Crippen LogP contribution in [0.1, 0.15) is 101 Å². The molecule has 21 heteroatoms. The second-order valence-electron chi connectivity index (χ2n) is 20.4. The van der Waals surface area contributed by atoms with Gasteiger partial charge in [-0.25, -0.2) is 17.9 Å². The van der Waals surface area contributed by atoms with Crippen molar-refractivity contribution in [3.8, 4) is 0 Å². The molecule has 0 radical (unpaired) electrons. The highest BCUT2D eigenvalue weighted by Crippen LogP contribution is 2.40. The third-order valence-corrected chi connectivity index (χ3v) is 15.9. The van der Waals surface area contributed by atoms with Crippen molar-refractivity contribution in [3.05, 3.63) is 29.3 Å². The fraction of sp³-hybridized carbons (Fsp3) is 0.830. The standard InChI is InChI=1S/C47H81ClN4O15S/c1-14-35-47(10,59)39(54)30(6)52(21-15-20-49-44(57)50-68(60,61)33-18-16-32(48)17-19-33)25-26(2)23-45(8,58)41(67-43-37(53)34(51(11)12)22-27(3)63-43)28(4)38(29(5)42(56)65-35)66-36-24-46(9,62-13)40(55)31(7)64-36/h16-19,26-31,34-41,43,53-55,58-59H,14-15,20-25H2,1-13H3,(H2,49,50,57)/t26-,27+,28-,29+,30-,31-,34+,35-,36?,37+,38+,39-,40-,41-,43-,45-,46+,47-/m1/s1. The van der Waals surface area contributed by atoms with Crippen LogP contribution in [0.25, 0.3) is 0 Å². The minimum atomic E-state index is -4.19. The number of amides is 2. The summed E-state index contributed by atoms with van der Waals surface area (Å²) in [5.41, 5.74) is -4.81. The van der Waals surface area contributed by atoms with Crippen LogP contribution in [-0.2, 0) is 43.2 Å². The van der Waals surface area contributed by atoms with Gasteiger partial charge in [0, 0.05) is 56.2 Å². The summed E-state index contributed by atoms with van der Waals surface area (Å²) in [6, 6.07) is 3.25. The van der Waals surface area contributed by atoms with Crippen molar-refractivity contribution < 1.29 is 72.0 Å². The Labute approximate surface area is 408 Å². The van der Waals surface area contributed by atoms with Gasteiger partial charge in [0.1, 0.15) is 30.0 Å². The fourth-order valence-corrected chi connectivity index (χ4v) is 11.3. The summed E-state index contributed by atoms with van der Waals surface area (Å²) in [6.45, 7) is 17.5. The molecular weight excluding hydrogens is 928 g/mol. The number of halogens is 1. The van der Waals surface area contributed by atoms with Gasteiger partial charge in [0.05, 0.1) is 46.4 Å². The van der Waals surface area contributed by atoms with Gasteiger partial charge in [0.25, 0.3) is 10.0 Å². The Morgan fingerprint density at radius 1 is 0.971 bits per heavy atom. The number of nitrogens with zero attached hydrogens (tertiary/aromatic N) is 2. The predicted molar refractivity (Wildman–Crippen MR) is 253 cm³/mol. The van der Waals surface area contributed by atoms with Crippen molar-refractivity contribution in [1.82, 2.24) is 19.8 Å². The van der Waals surface area contributed by atoms with Crippen molar-refractivity contribution in [2.45, 2.75) is 197 Å². The van der Waals surface area contributed by atoms with Gasteiger partial charge >= 0.3 is 12.0 Å². The van der Waals surface area contributed by atoms with E-state index in [1.165, 1.54) is 38.3 Å². The maximum absolute atomic E-state index is 14.5. The number of carbonyl (C=O) groups is 2. The molecule has 0 saturated carbocycles.